The Labute approximate surface area is 96.8 Å². The third-order valence-corrected chi connectivity index (χ3v) is 1.66. The highest BCUT2D eigenvalue weighted by Crippen LogP contribution is 2.07. The molecule has 0 fully saturated rings. The second kappa shape index (κ2) is 6.00. The Hall–Kier alpha value is -1.71. The molecule has 0 radical (unpaired) electrons. The molecule has 0 aromatic carbocycles. The van der Waals surface area contributed by atoms with Gasteiger partial charge in [0, 0.05) is 12.2 Å². The number of rotatable bonds is 4. The van der Waals surface area contributed by atoms with E-state index in [2.05, 4.69) is 18.5 Å². The molecule has 0 unspecified atom stereocenters. The maximum absolute atomic E-state index is 11.3. The van der Waals surface area contributed by atoms with Crippen molar-refractivity contribution in [3.8, 4) is 0 Å². The second-order valence-corrected chi connectivity index (χ2v) is 4.24. The van der Waals surface area contributed by atoms with Gasteiger partial charge in [-0.2, -0.15) is 0 Å². The lowest BCUT2D eigenvalue weighted by atomic mass is 10.2. The van der Waals surface area contributed by atoms with Crippen LogP contribution in [0.3, 0.4) is 0 Å². The summed E-state index contributed by atoms with van der Waals surface area (Å²) in [7, 11) is 0. The van der Waals surface area contributed by atoms with E-state index in [4.69, 9.17) is 10.5 Å². The van der Waals surface area contributed by atoms with Gasteiger partial charge in [0.2, 0.25) is 0 Å². The monoisotopic (exact) mass is 224 g/mol. The molecular formula is C12H20N2O2. The normalized spacial score (nSPS) is 12.4. The fraction of sp³-hybridized carbons (Fsp3) is 0.417. The van der Waals surface area contributed by atoms with Crippen LogP contribution in [0.5, 0.6) is 0 Å². The van der Waals surface area contributed by atoms with Gasteiger partial charge < -0.3 is 15.8 Å². The van der Waals surface area contributed by atoms with Crippen molar-refractivity contribution in [1.82, 2.24) is 5.32 Å². The first-order valence-electron chi connectivity index (χ1n) is 5.00. The van der Waals surface area contributed by atoms with Crippen LogP contribution in [-0.2, 0) is 4.74 Å². The van der Waals surface area contributed by atoms with E-state index in [-0.39, 0.29) is 6.54 Å². The van der Waals surface area contributed by atoms with E-state index >= 15 is 0 Å². The van der Waals surface area contributed by atoms with E-state index < -0.39 is 11.7 Å². The first kappa shape index (κ1) is 14.3. The first-order chi connectivity index (χ1) is 7.30. The largest absolute Gasteiger partial charge is 0.444 e. The van der Waals surface area contributed by atoms with Gasteiger partial charge in [-0.3, -0.25) is 0 Å². The van der Waals surface area contributed by atoms with Crippen LogP contribution in [0.15, 0.2) is 36.6 Å². The molecule has 0 atom stereocenters. The molecule has 0 rings (SSSR count). The van der Waals surface area contributed by atoms with Crippen molar-refractivity contribution < 1.29 is 9.53 Å². The summed E-state index contributed by atoms with van der Waals surface area (Å²) in [6.45, 7) is 12.8. The Balaban J connectivity index is 4.30. The molecule has 0 aliphatic heterocycles. The molecule has 0 aliphatic carbocycles. The van der Waals surface area contributed by atoms with Crippen molar-refractivity contribution in [2.24, 2.45) is 5.73 Å². The summed E-state index contributed by atoms with van der Waals surface area (Å²) in [5.74, 6) is 0. The summed E-state index contributed by atoms with van der Waals surface area (Å²) in [4.78, 5) is 11.3. The lowest BCUT2D eigenvalue weighted by Crippen LogP contribution is -2.33. The number of carbonyl (C=O) groups is 1. The zero-order valence-electron chi connectivity index (χ0n) is 10.2. The molecule has 1 amide bonds. The molecule has 0 saturated carbocycles. The highest BCUT2D eigenvalue weighted by Gasteiger charge is 2.15. The number of carbonyl (C=O) groups excluding carboxylic acids is 1. The van der Waals surface area contributed by atoms with Gasteiger partial charge in [-0.05, 0) is 32.4 Å². The number of hydrogen-bond acceptors (Lipinski definition) is 3. The topological polar surface area (TPSA) is 64.3 Å². The fourth-order valence-corrected chi connectivity index (χ4v) is 0.905. The van der Waals surface area contributed by atoms with Crippen LogP contribution in [-0.4, -0.2) is 18.2 Å². The standard InChI is InChI=1S/C12H20N2O2/c1-6-9(10(13)7-2)8-14-11(15)16-12(3,4)5/h6-7H,1-2,8,13H2,3-5H3,(H,14,15)/b10-9-. The Morgan fingerprint density at radius 2 is 1.94 bits per heavy atom. The van der Waals surface area contributed by atoms with Gasteiger partial charge in [0.15, 0.2) is 0 Å². The summed E-state index contributed by atoms with van der Waals surface area (Å²) in [5.41, 5.74) is 6.33. The quantitative estimate of drug-likeness (QED) is 0.719. The molecule has 0 spiro atoms. The van der Waals surface area contributed by atoms with Crippen molar-refractivity contribution in [3.05, 3.63) is 36.6 Å². The zero-order valence-corrected chi connectivity index (χ0v) is 10.2. The van der Waals surface area contributed by atoms with E-state index in [9.17, 15) is 4.79 Å². The number of alkyl carbamates (subject to hydrolysis) is 1. The molecule has 90 valence electrons. The van der Waals surface area contributed by atoms with E-state index in [1.54, 1.807) is 26.8 Å². The molecule has 0 heterocycles. The SMILES string of the molecule is C=C/C(N)=C(\C=C)CNC(=O)OC(C)(C)C. The van der Waals surface area contributed by atoms with Gasteiger partial charge in [-0.15, -0.1) is 0 Å². The number of ether oxygens (including phenoxy) is 1. The number of hydrogen-bond donors (Lipinski definition) is 2. The van der Waals surface area contributed by atoms with Gasteiger partial charge >= 0.3 is 6.09 Å². The van der Waals surface area contributed by atoms with Crippen molar-refractivity contribution in [2.75, 3.05) is 6.54 Å². The Morgan fingerprint density at radius 1 is 1.38 bits per heavy atom. The van der Waals surface area contributed by atoms with Crippen LogP contribution in [0, 0.1) is 0 Å². The highest BCUT2D eigenvalue weighted by atomic mass is 16.6. The summed E-state index contributed by atoms with van der Waals surface area (Å²) in [5, 5.41) is 2.59. The van der Waals surface area contributed by atoms with Crippen LogP contribution in [0.2, 0.25) is 0 Å². The number of nitrogens with one attached hydrogen (secondary N) is 1. The zero-order chi connectivity index (χ0) is 12.8. The smallest absolute Gasteiger partial charge is 0.407 e. The Kier molecular flexibility index (Phi) is 5.36. The molecule has 0 aliphatic rings. The molecule has 0 saturated heterocycles. The minimum Gasteiger partial charge on any atom is -0.444 e. The van der Waals surface area contributed by atoms with E-state index in [0.717, 1.165) is 0 Å². The van der Waals surface area contributed by atoms with Crippen molar-refractivity contribution in [2.45, 2.75) is 26.4 Å². The predicted molar refractivity (Wildman–Crippen MR) is 65.8 cm³/mol. The van der Waals surface area contributed by atoms with Gasteiger partial charge in [-0.1, -0.05) is 19.2 Å². The summed E-state index contributed by atoms with van der Waals surface area (Å²) in [6.07, 6.45) is 2.60. The minimum absolute atomic E-state index is 0.274. The van der Waals surface area contributed by atoms with Gasteiger partial charge in [0.1, 0.15) is 5.60 Å². The number of nitrogens with two attached hydrogens (primary N) is 1. The van der Waals surface area contributed by atoms with E-state index in [0.29, 0.717) is 11.3 Å². The molecule has 4 heteroatoms. The van der Waals surface area contributed by atoms with E-state index in [1.165, 1.54) is 6.08 Å². The van der Waals surface area contributed by atoms with Crippen LogP contribution in [0.4, 0.5) is 4.79 Å². The third-order valence-electron chi connectivity index (χ3n) is 1.66. The molecule has 0 bridgehead atoms. The van der Waals surface area contributed by atoms with Crippen molar-refractivity contribution >= 4 is 6.09 Å². The van der Waals surface area contributed by atoms with Crippen LogP contribution in [0.25, 0.3) is 0 Å². The summed E-state index contributed by atoms with van der Waals surface area (Å²) < 4.78 is 5.07. The Morgan fingerprint density at radius 3 is 2.31 bits per heavy atom. The number of amides is 1. The van der Waals surface area contributed by atoms with Gasteiger partial charge in [0.25, 0.3) is 0 Å². The third kappa shape index (κ3) is 5.90. The molecule has 4 nitrogen and oxygen atoms in total. The summed E-state index contributed by atoms with van der Waals surface area (Å²) in [6, 6.07) is 0. The maximum Gasteiger partial charge on any atom is 0.407 e. The molecule has 3 N–H and O–H groups in total. The first-order valence-corrected chi connectivity index (χ1v) is 5.00. The highest BCUT2D eigenvalue weighted by molar-refractivity contribution is 5.68. The van der Waals surface area contributed by atoms with Crippen molar-refractivity contribution in [1.29, 1.82) is 0 Å². The molecular weight excluding hydrogens is 204 g/mol. The molecule has 0 aromatic heterocycles. The van der Waals surface area contributed by atoms with Gasteiger partial charge in [-0.25, -0.2) is 4.79 Å². The fourth-order valence-electron chi connectivity index (χ4n) is 0.905. The van der Waals surface area contributed by atoms with E-state index in [1.807, 2.05) is 0 Å². The Bertz CT molecular complexity index is 311. The summed E-state index contributed by atoms with van der Waals surface area (Å²) >= 11 is 0. The minimum atomic E-state index is -0.508. The lowest BCUT2D eigenvalue weighted by Gasteiger charge is -2.19. The average molecular weight is 224 g/mol. The van der Waals surface area contributed by atoms with Crippen LogP contribution in [0.1, 0.15) is 20.8 Å². The van der Waals surface area contributed by atoms with Crippen molar-refractivity contribution in [3.63, 3.8) is 0 Å². The molecule has 0 aromatic rings. The van der Waals surface area contributed by atoms with Crippen LogP contribution < -0.4 is 11.1 Å². The second-order valence-electron chi connectivity index (χ2n) is 4.24. The molecule has 16 heavy (non-hydrogen) atoms. The maximum atomic E-state index is 11.3. The van der Waals surface area contributed by atoms with Crippen LogP contribution >= 0.6 is 0 Å². The number of allylic oxidation sites excluding steroid dienone is 1. The lowest BCUT2D eigenvalue weighted by molar-refractivity contribution is 0.0533. The average Bonchev–Trinajstić information content (AvgIpc) is 2.15. The van der Waals surface area contributed by atoms with Gasteiger partial charge in [0.05, 0.1) is 0 Å². The predicted octanol–water partition coefficient (Wildman–Crippen LogP) is 2.10.